The van der Waals surface area contributed by atoms with E-state index in [2.05, 4.69) is 5.32 Å². The van der Waals surface area contributed by atoms with Crippen molar-refractivity contribution in [3.63, 3.8) is 0 Å². The molecule has 0 spiro atoms. The first-order chi connectivity index (χ1) is 16.8. The number of ketones is 1. The molecule has 2 aromatic rings. The monoisotopic (exact) mass is 464 g/mol. The zero-order chi connectivity index (χ0) is 26.5. The zero-order valence-corrected chi connectivity index (χ0v) is 17.3. The summed E-state index contributed by atoms with van der Waals surface area (Å²) in [5.41, 5.74) is 0.0430. The van der Waals surface area contributed by atoms with Gasteiger partial charge in [-0.05, 0) is 42.1 Å². The number of imide groups is 1. The summed E-state index contributed by atoms with van der Waals surface area (Å²) in [7, 11) is 0. The number of halogens is 3. The summed E-state index contributed by atoms with van der Waals surface area (Å²) in [6.45, 7) is 0.0894. The smallest absolute Gasteiger partial charge is 0.322 e. The minimum atomic E-state index is -4.28. The van der Waals surface area contributed by atoms with Crippen molar-refractivity contribution in [1.29, 1.82) is 0 Å². The van der Waals surface area contributed by atoms with Gasteiger partial charge in [0.2, 0.25) is 17.6 Å². The molecule has 166 valence electrons. The molecule has 2 aliphatic rings. The molecule has 3 amide bonds. The normalized spacial score (nSPS) is 20.3. The predicted molar refractivity (Wildman–Crippen MR) is 111 cm³/mol. The van der Waals surface area contributed by atoms with Crippen molar-refractivity contribution in [3.05, 3.63) is 69.6 Å². The standard InChI is InChI=1S/C23H19ClF2N2O4/c24-16-5-3-15(4-6-16)23(25,26)19(29)9-2-13-1-7-17-14(11-13)12-28(22(17)32)18-8-10-20(30)27-21(18)31/h1,3-7,11,18H,2,8-10,12H2,(H,27,30,31)/i3D,4D,5D,6D. The zero-order valence-electron chi connectivity index (χ0n) is 20.6. The number of fused-ring (bicyclic) bond motifs is 1. The van der Waals surface area contributed by atoms with Crippen LogP contribution in [0.25, 0.3) is 0 Å². The van der Waals surface area contributed by atoms with Crippen molar-refractivity contribution in [2.24, 2.45) is 0 Å². The van der Waals surface area contributed by atoms with Gasteiger partial charge in [0.25, 0.3) is 5.91 Å². The van der Waals surface area contributed by atoms with Crippen LogP contribution in [0.2, 0.25) is 5.02 Å². The van der Waals surface area contributed by atoms with E-state index in [-0.39, 0.29) is 31.7 Å². The molecule has 2 heterocycles. The lowest BCUT2D eigenvalue weighted by atomic mass is 9.97. The Hall–Kier alpha value is -3.13. The highest BCUT2D eigenvalue weighted by atomic mass is 35.5. The third kappa shape index (κ3) is 4.14. The first-order valence-electron chi connectivity index (χ1n) is 11.8. The van der Waals surface area contributed by atoms with Gasteiger partial charge in [-0.1, -0.05) is 35.8 Å². The average molecular weight is 465 g/mol. The van der Waals surface area contributed by atoms with Crippen LogP contribution >= 0.6 is 11.6 Å². The summed E-state index contributed by atoms with van der Waals surface area (Å²) in [5, 5.41) is 1.59. The molecule has 1 N–H and O–H groups in total. The number of hydrogen-bond donors (Lipinski definition) is 1. The van der Waals surface area contributed by atoms with Crippen LogP contribution in [0.5, 0.6) is 0 Å². The first kappa shape index (κ1) is 17.4. The summed E-state index contributed by atoms with van der Waals surface area (Å²) in [6.07, 6.45) is -0.500. The molecule has 1 fully saturated rings. The van der Waals surface area contributed by atoms with Crippen LogP contribution in [0.1, 0.15) is 51.8 Å². The lowest BCUT2D eigenvalue weighted by Crippen LogP contribution is -2.52. The van der Waals surface area contributed by atoms with Crippen LogP contribution in [0.3, 0.4) is 0 Å². The van der Waals surface area contributed by atoms with E-state index in [0.717, 1.165) is 0 Å². The molecule has 4 rings (SSSR count). The van der Waals surface area contributed by atoms with Gasteiger partial charge in [-0.25, -0.2) is 0 Å². The van der Waals surface area contributed by atoms with E-state index in [9.17, 15) is 28.0 Å². The Morgan fingerprint density at radius 2 is 1.94 bits per heavy atom. The van der Waals surface area contributed by atoms with Crippen LogP contribution in [-0.2, 0) is 33.3 Å². The van der Waals surface area contributed by atoms with Crippen molar-refractivity contribution in [2.75, 3.05) is 0 Å². The first-order valence-corrected chi connectivity index (χ1v) is 10.2. The molecule has 2 aromatic carbocycles. The summed E-state index contributed by atoms with van der Waals surface area (Å²) in [4.78, 5) is 50.1. The second kappa shape index (κ2) is 8.43. The van der Waals surface area contributed by atoms with Gasteiger partial charge >= 0.3 is 5.92 Å². The Morgan fingerprint density at radius 3 is 2.62 bits per heavy atom. The van der Waals surface area contributed by atoms with Gasteiger partial charge in [0.15, 0.2) is 0 Å². The molecular weight excluding hydrogens is 442 g/mol. The van der Waals surface area contributed by atoms with Crippen molar-refractivity contribution in [1.82, 2.24) is 10.2 Å². The van der Waals surface area contributed by atoms with Crippen molar-refractivity contribution in [2.45, 2.75) is 44.2 Å². The fourth-order valence-electron chi connectivity index (χ4n) is 3.79. The summed E-state index contributed by atoms with van der Waals surface area (Å²) < 4.78 is 60.7. The number of benzene rings is 2. The maximum Gasteiger partial charge on any atom is 0.330 e. The molecule has 32 heavy (non-hydrogen) atoms. The average Bonchev–Trinajstić information content (AvgIpc) is 3.15. The number of nitrogens with zero attached hydrogens (tertiary/aromatic N) is 1. The number of amides is 3. The van der Waals surface area contributed by atoms with Crippen molar-refractivity contribution >= 4 is 35.1 Å². The molecule has 1 unspecified atom stereocenters. The largest absolute Gasteiger partial charge is 0.330 e. The molecule has 0 bridgehead atoms. The van der Waals surface area contributed by atoms with Gasteiger partial charge in [0.1, 0.15) is 6.04 Å². The Labute approximate surface area is 193 Å². The van der Waals surface area contributed by atoms with Crippen LogP contribution < -0.4 is 5.32 Å². The topological polar surface area (TPSA) is 83.6 Å². The number of hydrogen-bond acceptors (Lipinski definition) is 4. The van der Waals surface area contributed by atoms with E-state index >= 15 is 0 Å². The number of rotatable bonds is 6. The number of piperidine rings is 1. The van der Waals surface area contributed by atoms with Crippen LogP contribution in [0.15, 0.2) is 42.4 Å². The number of alkyl halides is 2. The van der Waals surface area contributed by atoms with Gasteiger partial charge in [0, 0.05) is 35.5 Å². The molecule has 2 aliphatic heterocycles. The Balaban J connectivity index is 1.50. The van der Waals surface area contributed by atoms with E-state index < -0.39 is 70.7 Å². The van der Waals surface area contributed by atoms with E-state index in [1.165, 1.54) is 17.0 Å². The second-order valence-electron chi connectivity index (χ2n) is 7.58. The molecule has 1 atom stereocenters. The minimum absolute atomic E-state index is 0.0894. The van der Waals surface area contributed by atoms with Crippen LogP contribution in [0.4, 0.5) is 8.78 Å². The molecule has 0 aromatic heterocycles. The van der Waals surface area contributed by atoms with Gasteiger partial charge < -0.3 is 4.90 Å². The summed E-state index contributed by atoms with van der Waals surface area (Å²) >= 11 is 5.65. The van der Waals surface area contributed by atoms with Gasteiger partial charge in [-0.3, -0.25) is 24.5 Å². The number of carbonyl (C=O) groups excluding carboxylic acids is 4. The molecular formula is C23H19ClF2N2O4. The molecule has 6 nitrogen and oxygen atoms in total. The minimum Gasteiger partial charge on any atom is -0.322 e. The van der Waals surface area contributed by atoms with Gasteiger partial charge in [-0.2, -0.15) is 8.78 Å². The van der Waals surface area contributed by atoms with Crippen LogP contribution in [0, 0.1) is 0 Å². The van der Waals surface area contributed by atoms with Gasteiger partial charge in [0.05, 0.1) is 5.48 Å². The fraction of sp³-hybridized carbons (Fsp3) is 0.304. The van der Waals surface area contributed by atoms with E-state index in [0.29, 0.717) is 16.7 Å². The maximum atomic E-state index is 14.9. The van der Waals surface area contributed by atoms with E-state index in [1.807, 2.05) is 0 Å². The van der Waals surface area contributed by atoms with Gasteiger partial charge in [-0.15, -0.1) is 0 Å². The van der Waals surface area contributed by atoms with Crippen LogP contribution in [-0.4, -0.2) is 34.4 Å². The highest BCUT2D eigenvalue weighted by molar-refractivity contribution is 6.30. The predicted octanol–water partition coefficient (Wildman–Crippen LogP) is 3.39. The second-order valence-corrected chi connectivity index (χ2v) is 7.96. The third-order valence-electron chi connectivity index (χ3n) is 5.49. The molecule has 0 radical (unpaired) electrons. The molecule has 9 heteroatoms. The summed E-state index contributed by atoms with van der Waals surface area (Å²) in [6, 6.07) is -0.0895. The highest BCUT2D eigenvalue weighted by Crippen LogP contribution is 2.32. The number of aryl methyl sites for hydroxylation is 1. The Morgan fingerprint density at radius 1 is 1.22 bits per heavy atom. The third-order valence-corrected chi connectivity index (χ3v) is 5.68. The Kier molecular flexibility index (Phi) is 4.59. The maximum absolute atomic E-state index is 14.9. The quantitative estimate of drug-likeness (QED) is 0.664. The molecule has 0 saturated carbocycles. The van der Waals surface area contributed by atoms with Crippen molar-refractivity contribution in [3.8, 4) is 0 Å². The molecule has 0 aliphatic carbocycles. The van der Waals surface area contributed by atoms with Crippen molar-refractivity contribution < 1.29 is 33.4 Å². The number of Topliss-reactive ketones (excluding diaryl/α,β-unsaturated/α-hetero) is 1. The lowest BCUT2D eigenvalue weighted by molar-refractivity contribution is -0.144. The van der Waals surface area contributed by atoms with E-state index in [4.69, 9.17) is 17.1 Å². The summed E-state index contributed by atoms with van der Waals surface area (Å²) in [5.74, 6) is -7.22. The SMILES string of the molecule is [2H]c1c([2H])c(C(F)(F)C(=O)CCc2ccc3c(c2)CN(C2CCC(=O)NC2=O)C3=O)c([2H])c([2H])c1Cl. The highest BCUT2D eigenvalue weighted by Gasteiger charge is 2.41. The molecule has 1 saturated heterocycles. The number of carbonyl (C=O) groups is 4. The van der Waals surface area contributed by atoms with E-state index in [1.54, 1.807) is 6.07 Å². The Bertz CT molecular complexity index is 1310. The number of nitrogens with one attached hydrogen (secondary N) is 1. The lowest BCUT2D eigenvalue weighted by Gasteiger charge is -2.29. The fourth-order valence-corrected chi connectivity index (χ4v) is 3.89.